The highest BCUT2D eigenvalue weighted by Crippen LogP contribution is 2.21. The Morgan fingerprint density at radius 3 is 2.83 bits per heavy atom. The largest absolute Gasteiger partial charge is 0.391 e. The highest BCUT2D eigenvalue weighted by atomic mass is 32.1. The van der Waals surface area contributed by atoms with Crippen molar-refractivity contribution in [3.05, 3.63) is 52.2 Å². The zero-order valence-corrected chi connectivity index (χ0v) is 13.9. The summed E-state index contributed by atoms with van der Waals surface area (Å²) in [7, 11) is 0. The summed E-state index contributed by atoms with van der Waals surface area (Å²) in [6.45, 7) is 2.13. The summed E-state index contributed by atoms with van der Waals surface area (Å²) in [4.78, 5) is 27.3. The normalized spacial score (nSPS) is 13.9. The van der Waals surface area contributed by atoms with Crippen molar-refractivity contribution in [1.29, 1.82) is 0 Å². The maximum Gasteiger partial charge on any atom is 0.308 e. The van der Waals surface area contributed by atoms with Gasteiger partial charge in [-0.25, -0.2) is 4.98 Å². The zero-order chi connectivity index (χ0) is 17.3. The number of imidazole rings is 1. The predicted octanol–water partition coefficient (Wildman–Crippen LogP) is 1.37. The molecule has 0 radical (unpaired) electrons. The van der Waals surface area contributed by atoms with Crippen LogP contribution in [0.15, 0.2) is 41.6 Å². The molecule has 0 saturated heterocycles. The number of aryl methyl sites for hydroxylation is 1. The SMILES string of the molecule is C[C@H](O)[C@@H](CCn1c(=O)sc2ccccc21)n1cnc(C(N)=O)c1. The summed E-state index contributed by atoms with van der Waals surface area (Å²) >= 11 is 1.21. The molecule has 0 aliphatic rings. The Morgan fingerprint density at radius 1 is 1.42 bits per heavy atom. The molecule has 0 unspecified atom stereocenters. The second-order valence-electron chi connectivity index (χ2n) is 5.65. The third kappa shape index (κ3) is 3.10. The van der Waals surface area contributed by atoms with E-state index in [1.807, 2.05) is 24.3 Å². The molecule has 0 fully saturated rings. The van der Waals surface area contributed by atoms with Gasteiger partial charge in [0, 0.05) is 12.7 Å². The Morgan fingerprint density at radius 2 is 2.17 bits per heavy atom. The quantitative estimate of drug-likeness (QED) is 0.703. The van der Waals surface area contributed by atoms with Crippen molar-refractivity contribution in [3.63, 3.8) is 0 Å². The number of carbonyl (C=O) groups excluding carboxylic acids is 1. The van der Waals surface area contributed by atoms with Crippen molar-refractivity contribution >= 4 is 27.5 Å². The number of nitrogens with zero attached hydrogens (tertiary/aromatic N) is 3. The van der Waals surface area contributed by atoms with E-state index in [0.717, 1.165) is 10.2 Å². The number of fused-ring (bicyclic) bond motifs is 1. The van der Waals surface area contributed by atoms with Crippen LogP contribution in [0, 0.1) is 0 Å². The van der Waals surface area contributed by atoms with Crippen LogP contribution in [0.5, 0.6) is 0 Å². The number of thiazole rings is 1. The van der Waals surface area contributed by atoms with Gasteiger partial charge in [0.1, 0.15) is 5.69 Å². The first-order chi connectivity index (χ1) is 11.5. The molecule has 1 aromatic carbocycles. The smallest absolute Gasteiger partial charge is 0.308 e. The van der Waals surface area contributed by atoms with E-state index >= 15 is 0 Å². The van der Waals surface area contributed by atoms with Gasteiger partial charge in [0.2, 0.25) is 0 Å². The van der Waals surface area contributed by atoms with E-state index in [-0.39, 0.29) is 16.6 Å². The fraction of sp³-hybridized carbons (Fsp3) is 0.312. The van der Waals surface area contributed by atoms with Crippen molar-refractivity contribution in [3.8, 4) is 0 Å². The van der Waals surface area contributed by atoms with E-state index in [0.29, 0.717) is 13.0 Å². The van der Waals surface area contributed by atoms with Gasteiger partial charge in [0.05, 0.1) is 28.7 Å². The number of aliphatic hydroxyl groups is 1. The molecule has 2 atom stereocenters. The van der Waals surface area contributed by atoms with Crippen molar-refractivity contribution in [1.82, 2.24) is 14.1 Å². The van der Waals surface area contributed by atoms with E-state index in [1.165, 1.54) is 23.9 Å². The Bertz CT molecular complexity index is 925. The summed E-state index contributed by atoms with van der Waals surface area (Å²) in [5.74, 6) is -0.613. The molecule has 7 nitrogen and oxygen atoms in total. The second kappa shape index (κ2) is 6.58. The van der Waals surface area contributed by atoms with Crippen LogP contribution in [0.2, 0.25) is 0 Å². The molecule has 0 bridgehead atoms. The standard InChI is InChI=1S/C16H18N4O3S/c1-10(21)12(19-8-11(15(17)22)18-9-19)6-7-20-13-4-2-3-5-14(13)24-16(20)23/h2-5,8-10,12,21H,6-7H2,1H3,(H2,17,22)/t10-,12+/m0/s1. The summed E-state index contributed by atoms with van der Waals surface area (Å²) in [6, 6.07) is 7.31. The minimum absolute atomic E-state index is 0.0241. The van der Waals surface area contributed by atoms with Gasteiger partial charge in [-0.1, -0.05) is 23.5 Å². The second-order valence-corrected chi connectivity index (χ2v) is 6.65. The number of para-hydroxylation sites is 1. The minimum Gasteiger partial charge on any atom is -0.391 e. The lowest BCUT2D eigenvalue weighted by atomic mass is 10.1. The summed E-state index contributed by atoms with van der Waals surface area (Å²) < 4.78 is 4.32. The van der Waals surface area contributed by atoms with Crippen molar-refractivity contribution in [2.45, 2.75) is 32.0 Å². The highest BCUT2D eigenvalue weighted by molar-refractivity contribution is 7.16. The Labute approximate surface area is 142 Å². The first kappa shape index (κ1) is 16.4. The molecule has 0 aliphatic heterocycles. The lowest BCUT2D eigenvalue weighted by Gasteiger charge is -2.21. The van der Waals surface area contributed by atoms with Crippen molar-refractivity contribution in [2.75, 3.05) is 0 Å². The molecule has 0 spiro atoms. The Kier molecular flexibility index (Phi) is 4.50. The third-order valence-electron chi connectivity index (χ3n) is 4.02. The highest BCUT2D eigenvalue weighted by Gasteiger charge is 2.19. The number of carbonyl (C=O) groups is 1. The molecule has 24 heavy (non-hydrogen) atoms. The van der Waals surface area contributed by atoms with E-state index in [4.69, 9.17) is 5.73 Å². The van der Waals surface area contributed by atoms with Crippen LogP contribution < -0.4 is 10.6 Å². The molecule has 1 amide bonds. The van der Waals surface area contributed by atoms with Crippen LogP contribution in [0.3, 0.4) is 0 Å². The van der Waals surface area contributed by atoms with Gasteiger partial charge in [-0.05, 0) is 25.5 Å². The molecule has 8 heteroatoms. The Hall–Kier alpha value is -2.45. The summed E-state index contributed by atoms with van der Waals surface area (Å²) in [6.07, 6.45) is 2.85. The molecule has 3 N–H and O–H groups in total. The zero-order valence-electron chi connectivity index (χ0n) is 13.1. The van der Waals surface area contributed by atoms with Crippen LogP contribution in [-0.2, 0) is 6.54 Å². The van der Waals surface area contributed by atoms with Crippen LogP contribution in [0.25, 0.3) is 10.2 Å². The van der Waals surface area contributed by atoms with Gasteiger partial charge in [-0.3, -0.25) is 14.2 Å². The molecule has 3 rings (SSSR count). The number of hydrogen-bond acceptors (Lipinski definition) is 5. The number of amides is 1. The lowest BCUT2D eigenvalue weighted by molar-refractivity contribution is 0.0994. The van der Waals surface area contributed by atoms with E-state index in [9.17, 15) is 14.7 Å². The van der Waals surface area contributed by atoms with Crippen LogP contribution in [0.4, 0.5) is 0 Å². The average molecular weight is 346 g/mol. The first-order valence-corrected chi connectivity index (χ1v) is 8.38. The number of hydrogen-bond donors (Lipinski definition) is 2. The monoisotopic (exact) mass is 346 g/mol. The fourth-order valence-electron chi connectivity index (χ4n) is 2.77. The number of aromatic nitrogens is 3. The molecule has 0 saturated carbocycles. The number of aliphatic hydroxyl groups excluding tert-OH is 1. The van der Waals surface area contributed by atoms with E-state index < -0.39 is 12.0 Å². The fourth-order valence-corrected chi connectivity index (χ4v) is 3.69. The van der Waals surface area contributed by atoms with Crippen LogP contribution in [0.1, 0.15) is 29.9 Å². The lowest BCUT2D eigenvalue weighted by Crippen LogP contribution is -2.24. The molecular formula is C16H18N4O3S. The van der Waals surface area contributed by atoms with Gasteiger partial charge in [-0.15, -0.1) is 0 Å². The van der Waals surface area contributed by atoms with Gasteiger partial charge in [0.25, 0.3) is 5.91 Å². The van der Waals surface area contributed by atoms with Crippen molar-refractivity contribution < 1.29 is 9.90 Å². The number of nitrogens with two attached hydrogens (primary N) is 1. The molecule has 3 aromatic rings. The van der Waals surface area contributed by atoms with Gasteiger partial charge in [-0.2, -0.15) is 0 Å². The van der Waals surface area contributed by atoms with Crippen molar-refractivity contribution in [2.24, 2.45) is 5.73 Å². The van der Waals surface area contributed by atoms with Gasteiger partial charge in [0.15, 0.2) is 0 Å². The molecular weight excluding hydrogens is 328 g/mol. The number of rotatable bonds is 6. The first-order valence-electron chi connectivity index (χ1n) is 7.57. The predicted molar refractivity (Wildman–Crippen MR) is 92.2 cm³/mol. The molecule has 0 aliphatic carbocycles. The Balaban J connectivity index is 1.84. The van der Waals surface area contributed by atoms with Gasteiger partial charge < -0.3 is 15.4 Å². The maximum atomic E-state index is 12.2. The minimum atomic E-state index is -0.666. The maximum absolute atomic E-state index is 12.2. The number of primary amides is 1. The summed E-state index contributed by atoms with van der Waals surface area (Å²) in [5.41, 5.74) is 6.26. The third-order valence-corrected chi connectivity index (χ3v) is 4.98. The van der Waals surface area contributed by atoms with Crippen LogP contribution in [-0.4, -0.2) is 31.2 Å². The average Bonchev–Trinajstić information content (AvgIpc) is 3.12. The number of benzene rings is 1. The van der Waals surface area contributed by atoms with E-state index in [2.05, 4.69) is 4.98 Å². The molecule has 126 valence electrons. The summed E-state index contributed by atoms with van der Waals surface area (Å²) in [5, 5.41) is 10.1. The van der Waals surface area contributed by atoms with Crippen LogP contribution >= 0.6 is 11.3 Å². The topological polar surface area (TPSA) is 103 Å². The van der Waals surface area contributed by atoms with Gasteiger partial charge >= 0.3 is 4.87 Å². The van der Waals surface area contributed by atoms with E-state index in [1.54, 1.807) is 16.1 Å². The molecule has 2 aromatic heterocycles. The molecule has 2 heterocycles.